The van der Waals surface area contributed by atoms with Crippen LogP contribution in [0, 0.1) is 6.92 Å². The van der Waals surface area contributed by atoms with Crippen LogP contribution < -0.4 is 0 Å². The van der Waals surface area contributed by atoms with Crippen molar-refractivity contribution in [1.29, 1.82) is 0 Å². The molecule has 0 saturated carbocycles. The van der Waals surface area contributed by atoms with E-state index in [0.29, 0.717) is 5.92 Å². The van der Waals surface area contributed by atoms with E-state index in [4.69, 9.17) is 0 Å². The summed E-state index contributed by atoms with van der Waals surface area (Å²) in [6.07, 6.45) is 2.28. The normalized spacial score (nSPS) is 15.2. The Kier molecular flexibility index (Phi) is 3.58. The van der Waals surface area contributed by atoms with E-state index < -0.39 is 6.10 Å². The van der Waals surface area contributed by atoms with Gasteiger partial charge in [0.15, 0.2) is 0 Å². The second-order valence-corrected chi connectivity index (χ2v) is 3.75. The highest BCUT2D eigenvalue weighted by atomic mass is 16.3. The number of nitrogens with zero attached hydrogens (tertiary/aromatic N) is 2. The maximum absolute atomic E-state index is 9.41. The van der Waals surface area contributed by atoms with Gasteiger partial charge in [0.1, 0.15) is 5.82 Å². The van der Waals surface area contributed by atoms with E-state index in [2.05, 4.69) is 23.8 Å². The molecule has 0 fully saturated rings. The molecule has 78 valence electrons. The Labute approximate surface area is 85.2 Å². The van der Waals surface area contributed by atoms with Crippen molar-refractivity contribution >= 4 is 0 Å². The molecule has 1 aromatic rings. The van der Waals surface area contributed by atoms with Crippen LogP contribution in [0.1, 0.15) is 56.3 Å². The largest absolute Gasteiger partial charge is 0.389 e. The highest BCUT2D eigenvalue weighted by molar-refractivity contribution is 5.19. The van der Waals surface area contributed by atoms with Crippen LogP contribution in [0.2, 0.25) is 0 Å². The molecule has 0 spiro atoms. The van der Waals surface area contributed by atoms with Crippen LogP contribution in [0.3, 0.4) is 0 Å². The smallest absolute Gasteiger partial charge is 0.131 e. The molecule has 14 heavy (non-hydrogen) atoms. The van der Waals surface area contributed by atoms with Gasteiger partial charge in [0.05, 0.1) is 6.10 Å². The van der Waals surface area contributed by atoms with Crippen molar-refractivity contribution in [2.45, 2.75) is 46.1 Å². The van der Waals surface area contributed by atoms with E-state index in [0.717, 1.165) is 23.5 Å². The molecule has 0 aliphatic rings. The third kappa shape index (κ3) is 2.29. The molecule has 0 radical (unpaired) electrons. The van der Waals surface area contributed by atoms with E-state index >= 15 is 0 Å². The average molecular weight is 194 g/mol. The van der Waals surface area contributed by atoms with Crippen molar-refractivity contribution in [3.05, 3.63) is 23.3 Å². The maximum atomic E-state index is 9.41. The molecule has 3 heteroatoms. The van der Waals surface area contributed by atoms with Crippen molar-refractivity contribution < 1.29 is 5.11 Å². The number of hydrogen-bond donors (Lipinski definition) is 1. The first-order valence-corrected chi connectivity index (χ1v) is 5.07. The van der Waals surface area contributed by atoms with Crippen LogP contribution in [-0.4, -0.2) is 15.1 Å². The number of aliphatic hydroxyl groups is 1. The van der Waals surface area contributed by atoms with Gasteiger partial charge in [-0.2, -0.15) is 0 Å². The second-order valence-electron chi connectivity index (χ2n) is 3.75. The zero-order valence-corrected chi connectivity index (χ0v) is 9.28. The van der Waals surface area contributed by atoms with Crippen LogP contribution in [0.15, 0.2) is 6.20 Å². The second kappa shape index (κ2) is 4.51. The summed E-state index contributed by atoms with van der Waals surface area (Å²) in [5.41, 5.74) is 1.70. The number of aryl methyl sites for hydroxylation is 1. The van der Waals surface area contributed by atoms with Gasteiger partial charge in [0, 0.05) is 23.4 Å². The molecule has 1 aromatic heterocycles. The third-order valence-corrected chi connectivity index (χ3v) is 2.54. The third-order valence-electron chi connectivity index (χ3n) is 2.54. The number of rotatable bonds is 3. The van der Waals surface area contributed by atoms with Gasteiger partial charge in [-0.3, -0.25) is 0 Å². The predicted octanol–water partition coefficient (Wildman–Crippen LogP) is 2.35. The van der Waals surface area contributed by atoms with Gasteiger partial charge in [-0.15, -0.1) is 0 Å². The predicted molar refractivity (Wildman–Crippen MR) is 56.1 cm³/mol. The summed E-state index contributed by atoms with van der Waals surface area (Å²) in [6.45, 7) is 7.87. The lowest BCUT2D eigenvalue weighted by molar-refractivity contribution is 0.197. The molecule has 0 aromatic carbocycles. The Morgan fingerprint density at radius 3 is 2.50 bits per heavy atom. The van der Waals surface area contributed by atoms with Crippen LogP contribution in [0.25, 0.3) is 0 Å². The Bertz CT molecular complexity index is 310. The zero-order valence-electron chi connectivity index (χ0n) is 9.28. The van der Waals surface area contributed by atoms with Crippen LogP contribution >= 0.6 is 0 Å². The van der Waals surface area contributed by atoms with Gasteiger partial charge < -0.3 is 5.11 Å². The monoisotopic (exact) mass is 194 g/mol. The number of aliphatic hydroxyl groups excluding tert-OH is 1. The average Bonchev–Trinajstić information content (AvgIpc) is 2.15. The Balaban J connectivity index is 3.00. The minimum atomic E-state index is -0.485. The fraction of sp³-hybridized carbons (Fsp3) is 0.636. The van der Waals surface area contributed by atoms with Gasteiger partial charge in [-0.25, -0.2) is 9.97 Å². The first kappa shape index (κ1) is 11.1. The van der Waals surface area contributed by atoms with Gasteiger partial charge in [0.2, 0.25) is 0 Å². The Morgan fingerprint density at radius 1 is 1.43 bits per heavy atom. The van der Waals surface area contributed by atoms with E-state index in [1.165, 1.54) is 0 Å². The minimum Gasteiger partial charge on any atom is -0.389 e. The summed E-state index contributed by atoms with van der Waals surface area (Å²) in [5, 5.41) is 9.41. The van der Waals surface area contributed by atoms with Gasteiger partial charge >= 0.3 is 0 Å². The van der Waals surface area contributed by atoms with Gasteiger partial charge in [0.25, 0.3) is 0 Å². The van der Waals surface area contributed by atoms with Crippen molar-refractivity contribution in [1.82, 2.24) is 9.97 Å². The van der Waals surface area contributed by atoms with Gasteiger partial charge in [-0.05, 0) is 20.3 Å². The lowest BCUT2D eigenvalue weighted by Gasteiger charge is -2.11. The standard InChI is InChI=1S/C11H18N2O/c1-5-7(2)11-12-6-10(9(4)14)8(3)13-11/h6-7,9,14H,5H2,1-4H3/t7?,9-/m1/s1. The van der Waals surface area contributed by atoms with E-state index in [1.807, 2.05) is 6.92 Å². The van der Waals surface area contributed by atoms with Crippen molar-refractivity contribution in [3.63, 3.8) is 0 Å². The topological polar surface area (TPSA) is 46.0 Å². The molecule has 1 unspecified atom stereocenters. The van der Waals surface area contributed by atoms with E-state index in [-0.39, 0.29) is 0 Å². The Morgan fingerprint density at radius 2 is 2.07 bits per heavy atom. The molecule has 0 amide bonds. The number of aromatic nitrogens is 2. The highest BCUT2D eigenvalue weighted by Crippen LogP contribution is 2.18. The van der Waals surface area contributed by atoms with E-state index in [1.54, 1.807) is 13.1 Å². The molecule has 1 N–H and O–H groups in total. The zero-order chi connectivity index (χ0) is 10.7. The molecule has 0 bridgehead atoms. The Hall–Kier alpha value is -0.960. The SMILES string of the molecule is CCC(C)c1ncc([C@@H](C)O)c(C)n1. The van der Waals surface area contributed by atoms with Crippen molar-refractivity contribution in [2.24, 2.45) is 0 Å². The molecule has 2 atom stereocenters. The van der Waals surface area contributed by atoms with Crippen LogP contribution in [0.5, 0.6) is 0 Å². The van der Waals surface area contributed by atoms with Crippen molar-refractivity contribution in [2.75, 3.05) is 0 Å². The maximum Gasteiger partial charge on any atom is 0.131 e. The van der Waals surface area contributed by atoms with Gasteiger partial charge in [-0.1, -0.05) is 13.8 Å². The molecular formula is C11H18N2O. The summed E-state index contributed by atoms with van der Waals surface area (Å²) in [6, 6.07) is 0. The summed E-state index contributed by atoms with van der Waals surface area (Å²) < 4.78 is 0. The summed E-state index contributed by atoms with van der Waals surface area (Å²) in [4.78, 5) is 8.65. The van der Waals surface area contributed by atoms with Crippen LogP contribution in [-0.2, 0) is 0 Å². The first-order valence-electron chi connectivity index (χ1n) is 5.07. The fourth-order valence-corrected chi connectivity index (χ4v) is 1.32. The lowest BCUT2D eigenvalue weighted by Crippen LogP contribution is -2.05. The summed E-state index contributed by atoms with van der Waals surface area (Å²) >= 11 is 0. The first-order chi connectivity index (χ1) is 6.56. The fourth-order valence-electron chi connectivity index (χ4n) is 1.32. The molecule has 0 saturated heterocycles. The molecule has 3 nitrogen and oxygen atoms in total. The summed E-state index contributed by atoms with van der Waals surface area (Å²) in [7, 11) is 0. The van der Waals surface area contributed by atoms with Crippen LogP contribution in [0.4, 0.5) is 0 Å². The minimum absolute atomic E-state index is 0.386. The summed E-state index contributed by atoms with van der Waals surface area (Å²) in [5.74, 6) is 1.26. The molecule has 0 aliphatic heterocycles. The number of hydrogen-bond acceptors (Lipinski definition) is 3. The lowest BCUT2D eigenvalue weighted by atomic mass is 10.1. The van der Waals surface area contributed by atoms with Crippen molar-refractivity contribution in [3.8, 4) is 0 Å². The van der Waals surface area contributed by atoms with E-state index in [9.17, 15) is 5.11 Å². The molecule has 0 aliphatic carbocycles. The molecule has 1 rings (SSSR count). The molecular weight excluding hydrogens is 176 g/mol. The quantitative estimate of drug-likeness (QED) is 0.803. The molecule has 1 heterocycles. The highest BCUT2D eigenvalue weighted by Gasteiger charge is 2.11.